The van der Waals surface area contributed by atoms with Gasteiger partial charge in [-0.05, 0) is 0 Å². The van der Waals surface area contributed by atoms with Gasteiger partial charge in [-0.25, -0.2) is 0 Å². The highest BCUT2D eigenvalue weighted by atomic mass is 16.3. The molecule has 1 rings (SSSR count). The molecule has 14 heavy (non-hydrogen) atoms. The molecule has 0 aliphatic rings. The Balaban J connectivity index is 3.29. The summed E-state index contributed by atoms with van der Waals surface area (Å²) in [7, 11) is 0. The fourth-order valence-electron chi connectivity index (χ4n) is 1.04. The average Bonchev–Trinajstić information content (AvgIpc) is 2.09. The van der Waals surface area contributed by atoms with Gasteiger partial charge in [0.25, 0.3) is 0 Å². The number of phenolic OH excluding ortho intramolecular Hbond substituents is 4. The van der Waals surface area contributed by atoms with Gasteiger partial charge in [0.2, 0.25) is 5.75 Å². The smallest absolute Gasteiger partial charge is 0.200 e. The monoisotopic (exact) mass is 198 g/mol. The number of nitrogens with one attached hydrogen (secondary N) is 1. The van der Waals surface area contributed by atoms with Crippen molar-refractivity contribution in [3.63, 3.8) is 0 Å². The Kier molecular flexibility index (Phi) is 2.37. The van der Waals surface area contributed by atoms with Gasteiger partial charge >= 0.3 is 0 Å². The third-order valence-electron chi connectivity index (χ3n) is 1.70. The zero-order valence-electron chi connectivity index (χ0n) is 7.15. The summed E-state index contributed by atoms with van der Waals surface area (Å²) in [5.74, 6) is -2.74. The quantitative estimate of drug-likeness (QED) is 0.172. The molecule has 6 nitrogen and oxygen atoms in total. The second-order valence-corrected chi connectivity index (χ2v) is 2.79. The summed E-state index contributed by atoms with van der Waals surface area (Å²) in [5, 5.41) is 43.6. The van der Waals surface area contributed by atoms with Crippen LogP contribution in [0.5, 0.6) is 23.0 Å². The average molecular weight is 198 g/mol. The van der Waals surface area contributed by atoms with E-state index in [9.17, 15) is 10.2 Å². The molecular formula is C8H10N2O4. The third-order valence-corrected chi connectivity index (χ3v) is 1.70. The van der Waals surface area contributed by atoms with Gasteiger partial charge in [-0.1, -0.05) is 0 Å². The van der Waals surface area contributed by atoms with Crippen molar-refractivity contribution in [3.8, 4) is 23.0 Å². The Morgan fingerprint density at radius 1 is 1.14 bits per heavy atom. The molecular weight excluding hydrogens is 188 g/mol. The summed E-state index contributed by atoms with van der Waals surface area (Å²) >= 11 is 0. The van der Waals surface area contributed by atoms with Crippen molar-refractivity contribution in [1.82, 2.24) is 0 Å². The molecule has 0 fully saturated rings. The maximum absolute atomic E-state index is 9.29. The molecule has 6 heteroatoms. The summed E-state index contributed by atoms with van der Waals surface area (Å²) in [6, 6.07) is 0.868. The minimum absolute atomic E-state index is 0.0900. The number of hydrogen-bond acceptors (Lipinski definition) is 5. The first-order chi connectivity index (χ1) is 6.43. The van der Waals surface area contributed by atoms with Crippen LogP contribution in [0.3, 0.4) is 0 Å². The summed E-state index contributed by atoms with van der Waals surface area (Å²) in [6.07, 6.45) is -0.203. The second-order valence-electron chi connectivity index (χ2n) is 2.79. The molecule has 0 aromatic heterocycles. The Morgan fingerprint density at radius 3 is 2.21 bits per heavy atom. The van der Waals surface area contributed by atoms with Crippen LogP contribution in [-0.2, 0) is 6.42 Å². The lowest BCUT2D eigenvalue weighted by Crippen LogP contribution is -2.12. The molecule has 0 heterocycles. The van der Waals surface area contributed by atoms with Crippen molar-refractivity contribution in [1.29, 1.82) is 5.41 Å². The van der Waals surface area contributed by atoms with Crippen molar-refractivity contribution in [2.45, 2.75) is 6.42 Å². The Labute approximate surface area is 79.4 Å². The van der Waals surface area contributed by atoms with E-state index >= 15 is 0 Å². The van der Waals surface area contributed by atoms with Gasteiger partial charge in [0.05, 0.1) is 5.84 Å². The first kappa shape index (κ1) is 9.97. The molecule has 0 saturated carbocycles. The van der Waals surface area contributed by atoms with Gasteiger partial charge in [-0.15, -0.1) is 0 Å². The standard InChI is InChI=1S/C8H10N2O4/c9-6(10)1-3-4(11)2-5(12)8(14)7(3)13/h2,11-14H,1H2,(H3,9,10). The molecule has 0 aliphatic heterocycles. The normalized spacial score (nSPS) is 10.0. The predicted octanol–water partition coefficient (Wildman–Crippen LogP) is -0.0125. The summed E-state index contributed by atoms with van der Waals surface area (Å²) in [4.78, 5) is 0. The molecule has 76 valence electrons. The maximum Gasteiger partial charge on any atom is 0.200 e. The maximum atomic E-state index is 9.29. The van der Waals surface area contributed by atoms with Crippen molar-refractivity contribution in [3.05, 3.63) is 11.6 Å². The first-order valence-electron chi connectivity index (χ1n) is 3.72. The van der Waals surface area contributed by atoms with Crippen LogP contribution in [0.1, 0.15) is 5.56 Å². The molecule has 0 radical (unpaired) electrons. The van der Waals surface area contributed by atoms with Crippen LogP contribution in [0.4, 0.5) is 0 Å². The van der Waals surface area contributed by atoms with E-state index < -0.39 is 23.0 Å². The van der Waals surface area contributed by atoms with E-state index in [2.05, 4.69) is 0 Å². The topological polar surface area (TPSA) is 131 Å². The van der Waals surface area contributed by atoms with Crippen LogP contribution >= 0.6 is 0 Å². The van der Waals surface area contributed by atoms with Crippen LogP contribution in [0.15, 0.2) is 6.07 Å². The number of hydrogen-bond donors (Lipinski definition) is 6. The molecule has 7 N–H and O–H groups in total. The SMILES string of the molecule is N=C(N)Cc1c(O)cc(O)c(O)c1O. The Bertz CT molecular complexity index is 389. The predicted molar refractivity (Wildman–Crippen MR) is 48.7 cm³/mol. The lowest BCUT2D eigenvalue weighted by Gasteiger charge is -2.08. The van der Waals surface area contributed by atoms with Crippen LogP contribution in [0.2, 0.25) is 0 Å². The highest BCUT2D eigenvalue weighted by Gasteiger charge is 2.16. The zero-order chi connectivity index (χ0) is 10.9. The van der Waals surface area contributed by atoms with E-state index in [4.69, 9.17) is 21.4 Å². The van der Waals surface area contributed by atoms with Crippen LogP contribution in [0, 0.1) is 5.41 Å². The molecule has 0 aliphatic carbocycles. The number of aromatic hydroxyl groups is 4. The first-order valence-corrected chi connectivity index (χ1v) is 3.72. The summed E-state index contributed by atoms with van der Waals surface area (Å²) in [6.45, 7) is 0. The molecule has 0 atom stereocenters. The highest BCUT2D eigenvalue weighted by molar-refractivity contribution is 5.82. The number of rotatable bonds is 2. The lowest BCUT2D eigenvalue weighted by molar-refractivity contribution is 0.357. The summed E-state index contributed by atoms with van der Waals surface area (Å²) in [5.41, 5.74) is 4.98. The van der Waals surface area contributed by atoms with Crippen LogP contribution in [0.25, 0.3) is 0 Å². The fraction of sp³-hybridized carbons (Fsp3) is 0.125. The van der Waals surface area contributed by atoms with Gasteiger partial charge < -0.3 is 26.2 Å². The molecule has 0 spiro atoms. The van der Waals surface area contributed by atoms with Gasteiger partial charge in [0.15, 0.2) is 11.5 Å². The van der Waals surface area contributed by atoms with Crippen LogP contribution in [-0.4, -0.2) is 26.3 Å². The molecule has 1 aromatic carbocycles. The minimum Gasteiger partial charge on any atom is -0.507 e. The van der Waals surface area contributed by atoms with Crippen molar-refractivity contribution < 1.29 is 20.4 Å². The largest absolute Gasteiger partial charge is 0.507 e. The van der Waals surface area contributed by atoms with E-state index in [1.165, 1.54) is 0 Å². The van der Waals surface area contributed by atoms with Gasteiger partial charge in [0, 0.05) is 18.1 Å². The van der Waals surface area contributed by atoms with E-state index in [0.717, 1.165) is 6.07 Å². The summed E-state index contributed by atoms with van der Waals surface area (Å²) < 4.78 is 0. The van der Waals surface area contributed by atoms with E-state index in [-0.39, 0.29) is 17.8 Å². The second kappa shape index (κ2) is 3.33. The van der Waals surface area contributed by atoms with Crippen molar-refractivity contribution >= 4 is 5.84 Å². The number of benzene rings is 1. The molecule has 0 amide bonds. The number of amidine groups is 1. The van der Waals surface area contributed by atoms with E-state index in [0.29, 0.717) is 0 Å². The Hall–Kier alpha value is -2.11. The van der Waals surface area contributed by atoms with Gasteiger partial charge in [-0.2, -0.15) is 0 Å². The van der Waals surface area contributed by atoms with Crippen molar-refractivity contribution in [2.75, 3.05) is 0 Å². The number of phenols is 4. The molecule has 0 unspecified atom stereocenters. The molecule has 1 aromatic rings. The van der Waals surface area contributed by atoms with Crippen molar-refractivity contribution in [2.24, 2.45) is 5.73 Å². The lowest BCUT2D eigenvalue weighted by atomic mass is 10.1. The Morgan fingerprint density at radius 2 is 1.71 bits per heavy atom. The van der Waals surface area contributed by atoms with E-state index in [1.54, 1.807) is 0 Å². The molecule has 0 bridgehead atoms. The third kappa shape index (κ3) is 1.63. The van der Waals surface area contributed by atoms with Gasteiger partial charge in [0.1, 0.15) is 5.75 Å². The molecule has 0 saturated heterocycles. The van der Waals surface area contributed by atoms with Gasteiger partial charge in [-0.3, -0.25) is 5.41 Å². The minimum atomic E-state index is -0.737. The highest BCUT2D eigenvalue weighted by Crippen LogP contribution is 2.42. The number of nitrogens with two attached hydrogens (primary N) is 1. The van der Waals surface area contributed by atoms with Crippen LogP contribution < -0.4 is 5.73 Å². The fourth-order valence-corrected chi connectivity index (χ4v) is 1.04. The zero-order valence-corrected chi connectivity index (χ0v) is 7.15. The van der Waals surface area contributed by atoms with E-state index in [1.807, 2.05) is 0 Å².